The Balaban J connectivity index is 2.04. The molecule has 1 saturated carbocycles. The van der Waals surface area contributed by atoms with Gasteiger partial charge in [-0.2, -0.15) is 0 Å². The molecule has 1 fully saturated rings. The number of hydrogen-bond acceptors (Lipinski definition) is 3. The lowest BCUT2D eigenvalue weighted by Crippen LogP contribution is -2.49. The average Bonchev–Trinajstić information content (AvgIpc) is 2.70. The summed E-state index contributed by atoms with van der Waals surface area (Å²) in [6, 6.07) is 1.92. The summed E-state index contributed by atoms with van der Waals surface area (Å²) in [6.45, 7) is 4.61. The molecule has 1 aromatic heterocycles. The molecule has 0 aromatic carbocycles. The van der Waals surface area contributed by atoms with Crippen LogP contribution in [0, 0.1) is 0 Å². The average molecular weight is 265 g/mol. The molecule has 2 rings (SSSR count). The van der Waals surface area contributed by atoms with Crippen molar-refractivity contribution in [2.75, 3.05) is 19.4 Å². The van der Waals surface area contributed by atoms with Crippen LogP contribution >= 0.6 is 0 Å². The number of rotatable bonds is 5. The first-order chi connectivity index (χ1) is 8.97. The van der Waals surface area contributed by atoms with Crippen molar-refractivity contribution in [1.29, 1.82) is 0 Å². The van der Waals surface area contributed by atoms with E-state index in [0.29, 0.717) is 17.9 Å². The van der Waals surface area contributed by atoms with Crippen molar-refractivity contribution >= 4 is 11.6 Å². The molecule has 1 aliphatic carbocycles. The number of hydrogen-bond donors (Lipinski definition) is 2. The molecule has 1 aromatic rings. The second-order valence-electron chi connectivity index (χ2n) is 5.58. The summed E-state index contributed by atoms with van der Waals surface area (Å²) in [5, 5.41) is 2.96. The Kier molecular flexibility index (Phi) is 3.85. The van der Waals surface area contributed by atoms with E-state index in [9.17, 15) is 4.79 Å². The quantitative estimate of drug-likeness (QED) is 0.855. The third-order valence-electron chi connectivity index (χ3n) is 3.93. The highest BCUT2D eigenvalue weighted by atomic mass is 16.5. The number of nitrogen functional groups attached to an aromatic ring is 1. The molecule has 0 aliphatic heterocycles. The van der Waals surface area contributed by atoms with Crippen LogP contribution in [-0.4, -0.2) is 29.7 Å². The highest BCUT2D eigenvalue weighted by Gasteiger charge is 2.37. The molecule has 106 valence electrons. The predicted octanol–water partition coefficient (Wildman–Crippen LogP) is 1.95. The van der Waals surface area contributed by atoms with E-state index in [4.69, 9.17) is 10.5 Å². The van der Waals surface area contributed by atoms with E-state index in [1.165, 1.54) is 6.42 Å². The van der Waals surface area contributed by atoms with Gasteiger partial charge < -0.3 is 20.4 Å². The number of nitrogens with zero attached hydrogens (tertiary/aromatic N) is 1. The summed E-state index contributed by atoms with van der Waals surface area (Å²) in [5.74, 6) is -0.0891. The maximum atomic E-state index is 12.2. The lowest BCUT2D eigenvalue weighted by molar-refractivity contribution is -0.0679. The molecule has 0 radical (unpaired) electrons. The molecule has 0 atom stereocenters. The highest BCUT2D eigenvalue weighted by molar-refractivity contribution is 5.93. The second-order valence-corrected chi connectivity index (χ2v) is 5.58. The largest absolute Gasteiger partial charge is 0.397 e. The lowest BCUT2D eigenvalue weighted by atomic mass is 9.80. The molecular formula is C14H23N3O2. The molecule has 0 bridgehead atoms. The molecule has 1 heterocycles. The van der Waals surface area contributed by atoms with E-state index < -0.39 is 0 Å². The zero-order valence-corrected chi connectivity index (χ0v) is 11.9. The van der Waals surface area contributed by atoms with Gasteiger partial charge in [0.15, 0.2) is 0 Å². The van der Waals surface area contributed by atoms with Gasteiger partial charge in [-0.1, -0.05) is 0 Å². The SMILES string of the molecule is COC1(CNC(=O)c2cc(N)cn2C(C)C)CCC1. The maximum Gasteiger partial charge on any atom is 0.268 e. The number of nitrogens with one attached hydrogen (secondary N) is 1. The molecule has 0 saturated heterocycles. The van der Waals surface area contributed by atoms with Crippen LogP contribution in [-0.2, 0) is 4.74 Å². The zero-order chi connectivity index (χ0) is 14.0. The summed E-state index contributed by atoms with van der Waals surface area (Å²) >= 11 is 0. The van der Waals surface area contributed by atoms with Gasteiger partial charge in [-0.05, 0) is 39.2 Å². The van der Waals surface area contributed by atoms with E-state index in [1.54, 1.807) is 19.4 Å². The van der Waals surface area contributed by atoms with Gasteiger partial charge in [-0.25, -0.2) is 0 Å². The van der Waals surface area contributed by atoms with Crippen molar-refractivity contribution in [2.45, 2.75) is 44.8 Å². The number of anilines is 1. The third kappa shape index (κ3) is 2.76. The van der Waals surface area contributed by atoms with Crippen LogP contribution in [0.1, 0.15) is 49.6 Å². The van der Waals surface area contributed by atoms with E-state index in [-0.39, 0.29) is 17.6 Å². The molecule has 5 nitrogen and oxygen atoms in total. The minimum Gasteiger partial charge on any atom is -0.397 e. The molecule has 0 unspecified atom stereocenters. The van der Waals surface area contributed by atoms with Gasteiger partial charge in [0.1, 0.15) is 5.69 Å². The first-order valence-electron chi connectivity index (χ1n) is 6.78. The fraction of sp³-hybridized carbons (Fsp3) is 0.643. The highest BCUT2D eigenvalue weighted by Crippen LogP contribution is 2.34. The Bertz CT molecular complexity index is 456. The molecule has 1 amide bonds. The van der Waals surface area contributed by atoms with E-state index in [2.05, 4.69) is 5.32 Å². The van der Waals surface area contributed by atoms with Crippen LogP contribution in [0.2, 0.25) is 0 Å². The normalized spacial score (nSPS) is 17.3. The number of carbonyl (C=O) groups is 1. The van der Waals surface area contributed by atoms with Gasteiger partial charge in [0.2, 0.25) is 0 Å². The van der Waals surface area contributed by atoms with Crippen LogP contribution in [0.25, 0.3) is 0 Å². The van der Waals surface area contributed by atoms with E-state index in [0.717, 1.165) is 12.8 Å². The lowest BCUT2D eigenvalue weighted by Gasteiger charge is -2.40. The number of ether oxygens (including phenoxy) is 1. The topological polar surface area (TPSA) is 69.3 Å². The number of methoxy groups -OCH3 is 1. The van der Waals surface area contributed by atoms with Crippen molar-refractivity contribution in [3.05, 3.63) is 18.0 Å². The molecule has 1 aliphatic rings. The fourth-order valence-electron chi connectivity index (χ4n) is 2.47. The van der Waals surface area contributed by atoms with Gasteiger partial charge in [0, 0.05) is 25.9 Å². The van der Waals surface area contributed by atoms with Crippen molar-refractivity contribution < 1.29 is 9.53 Å². The first kappa shape index (κ1) is 13.9. The Morgan fingerprint density at radius 1 is 1.58 bits per heavy atom. The standard InChI is InChI=1S/C14H23N3O2/c1-10(2)17-8-11(15)7-12(17)13(18)16-9-14(19-3)5-4-6-14/h7-8,10H,4-6,9,15H2,1-3H3,(H,16,18). The van der Waals surface area contributed by atoms with Gasteiger partial charge in [0.25, 0.3) is 5.91 Å². The smallest absolute Gasteiger partial charge is 0.268 e. The molecular weight excluding hydrogens is 242 g/mol. The molecule has 3 N–H and O–H groups in total. The number of aromatic nitrogens is 1. The van der Waals surface area contributed by atoms with Crippen LogP contribution in [0.4, 0.5) is 5.69 Å². The van der Waals surface area contributed by atoms with Gasteiger partial charge >= 0.3 is 0 Å². The van der Waals surface area contributed by atoms with E-state index >= 15 is 0 Å². The van der Waals surface area contributed by atoms with Crippen LogP contribution in [0.5, 0.6) is 0 Å². The monoisotopic (exact) mass is 265 g/mol. The van der Waals surface area contributed by atoms with Crippen LogP contribution < -0.4 is 11.1 Å². The molecule has 19 heavy (non-hydrogen) atoms. The summed E-state index contributed by atoms with van der Waals surface area (Å²) in [7, 11) is 1.71. The summed E-state index contributed by atoms with van der Waals surface area (Å²) < 4.78 is 7.39. The number of nitrogens with two attached hydrogens (primary N) is 1. The van der Waals surface area contributed by atoms with Gasteiger partial charge in [-0.3, -0.25) is 4.79 Å². The predicted molar refractivity (Wildman–Crippen MR) is 75.2 cm³/mol. The number of carbonyl (C=O) groups excluding carboxylic acids is 1. The summed E-state index contributed by atoms with van der Waals surface area (Å²) in [5.41, 5.74) is 6.84. The Morgan fingerprint density at radius 2 is 2.26 bits per heavy atom. The Morgan fingerprint density at radius 3 is 2.74 bits per heavy atom. The zero-order valence-electron chi connectivity index (χ0n) is 11.9. The number of amides is 1. The van der Waals surface area contributed by atoms with Crippen molar-refractivity contribution in [1.82, 2.24) is 9.88 Å². The van der Waals surface area contributed by atoms with Gasteiger partial charge in [-0.15, -0.1) is 0 Å². The minimum absolute atomic E-state index is 0.0891. The molecule has 5 heteroatoms. The third-order valence-corrected chi connectivity index (χ3v) is 3.93. The van der Waals surface area contributed by atoms with Crippen molar-refractivity contribution in [3.63, 3.8) is 0 Å². The summed E-state index contributed by atoms with van der Waals surface area (Å²) in [6.07, 6.45) is 4.99. The summed E-state index contributed by atoms with van der Waals surface area (Å²) in [4.78, 5) is 12.2. The van der Waals surface area contributed by atoms with Crippen molar-refractivity contribution in [2.24, 2.45) is 0 Å². The van der Waals surface area contributed by atoms with Crippen LogP contribution in [0.3, 0.4) is 0 Å². The fourth-order valence-corrected chi connectivity index (χ4v) is 2.47. The minimum atomic E-state index is -0.156. The maximum absolute atomic E-state index is 12.2. The van der Waals surface area contributed by atoms with Crippen LogP contribution in [0.15, 0.2) is 12.3 Å². The first-order valence-corrected chi connectivity index (χ1v) is 6.78. The second kappa shape index (κ2) is 5.25. The van der Waals surface area contributed by atoms with E-state index in [1.807, 2.05) is 18.4 Å². The Labute approximate surface area is 114 Å². The van der Waals surface area contributed by atoms with Crippen molar-refractivity contribution in [3.8, 4) is 0 Å². The molecule has 0 spiro atoms. The Hall–Kier alpha value is -1.49. The van der Waals surface area contributed by atoms with Gasteiger partial charge in [0.05, 0.1) is 11.3 Å².